The molecule has 2 atom stereocenters. The average molecular weight is 389 g/mol. The van der Waals surface area contributed by atoms with Crippen molar-refractivity contribution in [2.45, 2.75) is 52.5 Å². The van der Waals surface area contributed by atoms with Crippen LogP contribution in [0.15, 0.2) is 9.59 Å². The van der Waals surface area contributed by atoms with Crippen molar-refractivity contribution < 1.29 is 9.50 Å². The molecular formula is C21H28FN3O3. The summed E-state index contributed by atoms with van der Waals surface area (Å²) in [5, 5.41) is 10.1. The smallest absolute Gasteiger partial charge is 0.329 e. The van der Waals surface area contributed by atoms with Crippen LogP contribution in [0.1, 0.15) is 49.8 Å². The predicted molar refractivity (Wildman–Crippen MR) is 108 cm³/mol. The number of piperidine rings is 1. The van der Waals surface area contributed by atoms with Gasteiger partial charge in [-0.1, -0.05) is 13.3 Å². The summed E-state index contributed by atoms with van der Waals surface area (Å²) in [5.74, 6) is 0.125. The highest BCUT2D eigenvalue weighted by Gasteiger charge is 2.33. The zero-order valence-corrected chi connectivity index (χ0v) is 16.7. The molecule has 0 radical (unpaired) electrons. The topological polar surface area (TPSA) is 78.3 Å². The molecule has 2 N–H and O–H groups in total. The molecule has 1 saturated carbocycles. The zero-order valence-electron chi connectivity index (χ0n) is 16.7. The quantitative estimate of drug-likeness (QED) is 0.843. The monoisotopic (exact) mass is 389 g/mol. The number of fused-ring (bicyclic) bond motifs is 1. The molecule has 4 rings (SSSR count). The minimum absolute atomic E-state index is 0.0688. The molecule has 1 aromatic carbocycles. The number of anilines is 1. The number of aromatic nitrogens is 2. The van der Waals surface area contributed by atoms with E-state index in [2.05, 4.69) is 11.9 Å². The molecule has 2 unspecified atom stereocenters. The van der Waals surface area contributed by atoms with Crippen LogP contribution >= 0.6 is 0 Å². The maximum Gasteiger partial charge on any atom is 0.329 e. The largest absolute Gasteiger partial charge is 0.396 e. The van der Waals surface area contributed by atoms with Gasteiger partial charge in [0.2, 0.25) is 0 Å². The van der Waals surface area contributed by atoms with Crippen molar-refractivity contribution >= 4 is 16.6 Å². The number of aliphatic hydroxyl groups excluding tert-OH is 1. The van der Waals surface area contributed by atoms with E-state index < -0.39 is 17.1 Å². The molecule has 2 aromatic rings. The second-order valence-electron chi connectivity index (χ2n) is 8.34. The molecule has 28 heavy (non-hydrogen) atoms. The fraction of sp³-hybridized carbons (Fsp3) is 0.619. The molecule has 1 aliphatic carbocycles. The summed E-state index contributed by atoms with van der Waals surface area (Å²) < 4.78 is 17.1. The van der Waals surface area contributed by atoms with Crippen molar-refractivity contribution in [1.29, 1.82) is 0 Å². The van der Waals surface area contributed by atoms with Gasteiger partial charge in [-0.3, -0.25) is 14.3 Å². The van der Waals surface area contributed by atoms with Gasteiger partial charge in [-0.2, -0.15) is 0 Å². The van der Waals surface area contributed by atoms with Crippen molar-refractivity contribution in [3.05, 3.63) is 37.8 Å². The number of nitrogens with zero attached hydrogens (tertiary/aromatic N) is 2. The van der Waals surface area contributed by atoms with Gasteiger partial charge >= 0.3 is 5.69 Å². The number of H-pyrrole nitrogens is 1. The Labute approximate surface area is 163 Å². The number of hydrogen-bond acceptors (Lipinski definition) is 4. The van der Waals surface area contributed by atoms with E-state index in [0.29, 0.717) is 35.8 Å². The van der Waals surface area contributed by atoms with E-state index >= 15 is 4.39 Å². The minimum Gasteiger partial charge on any atom is -0.396 e. The lowest BCUT2D eigenvalue weighted by Gasteiger charge is -2.40. The standard InChI is InChI=1S/C21H28FN3O3/c1-4-13-7-8-24(9-14(13)10-26)19-12(3)18-16(11(2)17(19)22)20(27)23-21(28)25(18)15-5-6-15/h13-15,26H,4-10H2,1-3H3,(H,23,27,28). The van der Waals surface area contributed by atoms with Crippen LogP contribution in [-0.2, 0) is 0 Å². The number of hydrogen-bond donors (Lipinski definition) is 2. The number of aryl methyl sites for hydroxylation is 2. The highest BCUT2D eigenvalue weighted by molar-refractivity contribution is 5.90. The fourth-order valence-electron chi connectivity index (χ4n) is 4.91. The molecule has 1 saturated heterocycles. The summed E-state index contributed by atoms with van der Waals surface area (Å²) in [6.07, 6.45) is 3.66. The number of rotatable bonds is 4. The first-order chi connectivity index (χ1) is 13.4. The van der Waals surface area contributed by atoms with Crippen molar-refractivity contribution in [2.24, 2.45) is 11.8 Å². The van der Waals surface area contributed by atoms with Crippen LogP contribution in [0.4, 0.5) is 10.1 Å². The van der Waals surface area contributed by atoms with Crippen LogP contribution in [0, 0.1) is 31.5 Å². The number of benzene rings is 1. The van der Waals surface area contributed by atoms with Crippen LogP contribution in [-0.4, -0.2) is 34.4 Å². The highest BCUT2D eigenvalue weighted by atomic mass is 19.1. The van der Waals surface area contributed by atoms with Crippen molar-refractivity contribution in [3.63, 3.8) is 0 Å². The molecule has 2 aliphatic rings. The molecule has 152 valence electrons. The maximum absolute atomic E-state index is 15.5. The molecule has 0 spiro atoms. The molecule has 7 heteroatoms. The fourth-order valence-corrected chi connectivity index (χ4v) is 4.91. The van der Waals surface area contributed by atoms with Crippen LogP contribution in [0.5, 0.6) is 0 Å². The molecule has 0 amide bonds. The van der Waals surface area contributed by atoms with E-state index in [0.717, 1.165) is 25.7 Å². The van der Waals surface area contributed by atoms with Gasteiger partial charge in [-0.15, -0.1) is 0 Å². The minimum atomic E-state index is -0.527. The summed E-state index contributed by atoms with van der Waals surface area (Å²) in [5.41, 5.74) is 1.00. The number of aromatic amines is 1. The first-order valence-electron chi connectivity index (χ1n) is 10.2. The first kappa shape index (κ1) is 19.2. The summed E-state index contributed by atoms with van der Waals surface area (Å²) >= 11 is 0. The van der Waals surface area contributed by atoms with E-state index in [1.165, 1.54) is 0 Å². The van der Waals surface area contributed by atoms with Gasteiger partial charge in [-0.25, -0.2) is 9.18 Å². The third-order valence-corrected chi connectivity index (χ3v) is 6.65. The average Bonchev–Trinajstić information content (AvgIpc) is 3.50. The Balaban J connectivity index is 1.94. The molecule has 0 bridgehead atoms. The van der Waals surface area contributed by atoms with Crippen molar-refractivity contribution in [1.82, 2.24) is 9.55 Å². The van der Waals surface area contributed by atoms with Gasteiger partial charge < -0.3 is 10.0 Å². The summed E-state index contributed by atoms with van der Waals surface area (Å²) in [4.78, 5) is 29.4. The molecule has 1 aliphatic heterocycles. The SMILES string of the molecule is CCC1CCN(c2c(F)c(C)c3c(=O)[nH]c(=O)n(C4CC4)c3c2C)CC1CO. The Hall–Kier alpha value is -2.15. The Bertz CT molecular complexity index is 1040. The van der Waals surface area contributed by atoms with Crippen LogP contribution < -0.4 is 16.1 Å². The molecule has 6 nitrogen and oxygen atoms in total. The lowest BCUT2D eigenvalue weighted by molar-refractivity contribution is 0.154. The second-order valence-corrected chi connectivity index (χ2v) is 8.34. The van der Waals surface area contributed by atoms with Gasteiger partial charge in [0.15, 0.2) is 5.82 Å². The Morgan fingerprint density at radius 2 is 1.86 bits per heavy atom. The third-order valence-electron chi connectivity index (χ3n) is 6.65. The van der Waals surface area contributed by atoms with Crippen molar-refractivity contribution in [2.75, 3.05) is 24.6 Å². The van der Waals surface area contributed by atoms with Crippen LogP contribution in [0.3, 0.4) is 0 Å². The summed E-state index contributed by atoms with van der Waals surface area (Å²) in [6.45, 7) is 6.89. The van der Waals surface area contributed by atoms with Crippen LogP contribution in [0.2, 0.25) is 0 Å². The normalized spacial score (nSPS) is 22.8. The molecule has 2 heterocycles. The third kappa shape index (κ3) is 2.87. The molecule has 1 aromatic heterocycles. The second kappa shape index (κ2) is 7.03. The molecular weight excluding hydrogens is 361 g/mol. The van der Waals surface area contributed by atoms with Gasteiger partial charge in [0.1, 0.15) is 0 Å². The van der Waals surface area contributed by atoms with E-state index in [9.17, 15) is 14.7 Å². The lowest BCUT2D eigenvalue weighted by Crippen LogP contribution is -2.43. The van der Waals surface area contributed by atoms with E-state index in [1.807, 2.05) is 4.90 Å². The maximum atomic E-state index is 15.5. The zero-order chi connectivity index (χ0) is 20.2. The van der Waals surface area contributed by atoms with Crippen molar-refractivity contribution in [3.8, 4) is 0 Å². The van der Waals surface area contributed by atoms with Gasteiger partial charge in [0.05, 0.1) is 16.6 Å². The van der Waals surface area contributed by atoms with Gasteiger partial charge in [-0.05, 0) is 39.0 Å². The van der Waals surface area contributed by atoms with E-state index in [1.54, 1.807) is 18.4 Å². The summed E-state index contributed by atoms with van der Waals surface area (Å²) in [6, 6.07) is 0.0688. The van der Waals surface area contributed by atoms with E-state index in [4.69, 9.17) is 0 Å². The van der Waals surface area contributed by atoms with Crippen LogP contribution in [0.25, 0.3) is 10.9 Å². The number of halogens is 1. The molecule has 2 fully saturated rings. The Kier molecular flexibility index (Phi) is 4.81. The Morgan fingerprint density at radius 3 is 2.46 bits per heavy atom. The van der Waals surface area contributed by atoms with E-state index in [-0.39, 0.29) is 29.5 Å². The van der Waals surface area contributed by atoms with Gasteiger partial charge in [0.25, 0.3) is 5.56 Å². The number of nitrogens with one attached hydrogen (secondary N) is 1. The number of aliphatic hydroxyl groups is 1. The first-order valence-corrected chi connectivity index (χ1v) is 10.2. The summed E-state index contributed by atoms with van der Waals surface area (Å²) in [7, 11) is 0. The lowest BCUT2D eigenvalue weighted by atomic mass is 9.83. The van der Waals surface area contributed by atoms with Gasteiger partial charge in [0, 0.05) is 42.8 Å². The highest BCUT2D eigenvalue weighted by Crippen LogP contribution is 2.40. The predicted octanol–water partition coefficient (Wildman–Crippen LogP) is 2.63. The Morgan fingerprint density at radius 1 is 1.14 bits per heavy atom.